The van der Waals surface area contributed by atoms with Crippen LogP contribution in [0.2, 0.25) is 0 Å². The number of aliphatic carboxylic acids is 2. The van der Waals surface area contributed by atoms with Gasteiger partial charge >= 0.3 is 11.9 Å². The highest BCUT2D eigenvalue weighted by Crippen LogP contribution is 2.09. The summed E-state index contributed by atoms with van der Waals surface area (Å²) in [5, 5.41) is 23.1. The molecule has 0 aliphatic carbocycles. The van der Waals surface area contributed by atoms with E-state index >= 15 is 0 Å². The number of nitrogens with one attached hydrogen (secondary N) is 1. The van der Waals surface area contributed by atoms with Crippen LogP contribution in [0.1, 0.15) is 19.4 Å². The van der Waals surface area contributed by atoms with E-state index in [1.165, 1.54) is 12.1 Å². The van der Waals surface area contributed by atoms with E-state index in [4.69, 9.17) is 24.9 Å². The molecule has 1 aromatic carbocycles. The number of carbonyl (C=O) groups is 3. The summed E-state index contributed by atoms with van der Waals surface area (Å²) in [6, 6.07) is 6.07. The second-order valence-corrected chi connectivity index (χ2v) is 8.22. The summed E-state index contributed by atoms with van der Waals surface area (Å²) in [5.41, 5.74) is 0.901. The molecule has 1 fully saturated rings. The second-order valence-electron chi connectivity index (χ2n) is 6.66. The molecule has 168 valence electrons. The van der Waals surface area contributed by atoms with Gasteiger partial charge in [0, 0.05) is 32.7 Å². The second kappa shape index (κ2) is 11.6. The molecule has 1 aliphatic heterocycles. The molecule has 0 spiro atoms. The summed E-state index contributed by atoms with van der Waals surface area (Å²) in [4.78, 5) is 35.0. The van der Waals surface area contributed by atoms with Crippen LogP contribution in [0.4, 0.5) is 0 Å². The van der Waals surface area contributed by atoms with Gasteiger partial charge in [0.05, 0.1) is 10.9 Å². The number of carboxylic acids is 2. The molecule has 1 aromatic rings. The fourth-order valence-corrected chi connectivity index (χ4v) is 3.23. The van der Waals surface area contributed by atoms with Crippen LogP contribution in [-0.2, 0) is 31.0 Å². The third-order valence-corrected chi connectivity index (χ3v) is 5.48. The number of carbonyl (C=O) groups excluding carboxylic acids is 1. The van der Waals surface area contributed by atoms with Crippen LogP contribution in [0.3, 0.4) is 0 Å². The number of amides is 1. The average Bonchev–Trinajstić information content (AvgIpc) is 2.71. The number of nitrogens with two attached hydrogens (primary N) is 1. The Bertz CT molecular complexity index is 823. The Morgan fingerprint density at radius 1 is 1.07 bits per heavy atom. The number of piperazine rings is 1. The number of hydrogen-bond donors (Lipinski definition) is 4. The van der Waals surface area contributed by atoms with Gasteiger partial charge in [0.2, 0.25) is 15.9 Å². The van der Waals surface area contributed by atoms with Gasteiger partial charge in [0.15, 0.2) is 0 Å². The third-order valence-electron chi connectivity index (χ3n) is 4.55. The van der Waals surface area contributed by atoms with Gasteiger partial charge in [-0.05, 0) is 31.2 Å². The molecule has 1 amide bonds. The van der Waals surface area contributed by atoms with E-state index in [2.05, 4.69) is 17.1 Å². The van der Waals surface area contributed by atoms with Gasteiger partial charge in [0.1, 0.15) is 0 Å². The van der Waals surface area contributed by atoms with Crippen LogP contribution in [0.25, 0.3) is 0 Å². The quantitative estimate of drug-likeness (QED) is 0.407. The Morgan fingerprint density at radius 2 is 1.57 bits per heavy atom. The molecule has 1 unspecified atom stereocenters. The first kappa shape index (κ1) is 25.5. The Hall–Kier alpha value is -2.54. The number of benzene rings is 1. The van der Waals surface area contributed by atoms with Crippen molar-refractivity contribution in [3.63, 3.8) is 0 Å². The summed E-state index contributed by atoms with van der Waals surface area (Å²) in [7, 11) is -3.67. The molecule has 2 rings (SSSR count). The maximum absolute atomic E-state index is 12.4. The van der Waals surface area contributed by atoms with Crippen LogP contribution in [0, 0.1) is 0 Å². The van der Waals surface area contributed by atoms with Crippen molar-refractivity contribution < 1.29 is 33.0 Å². The Kier molecular flexibility index (Phi) is 9.85. The highest BCUT2D eigenvalue weighted by atomic mass is 32.2. The van der Waals surface area contributed by atoms with Crippen molar-refractivity contribution in [3.05, 3.63) is 29.8 Å². The average molecular weight is 445 g/mol. The van der Waals surface area contributed by atoms with Crippen LogP contribution in [0.5, 0.6) is 0 Å². The minimum Gasteiger partial charge on any atom is -0.473 e. The lowest BCUT2D eigenvalue weighted by molar-refractivity contribution is -0.159. The molecule has 1 atom stereocenters. The van der Waals surface area contributed by atoms with Crippen molar-refractivity contribution in [3.8, 4) is 0 Å². The van der Waals surface area contributed by atoms with Crippen LogP contribution in [0.15, 0.2) is 29.2 Å². The zero-order valence-electron chi connectivity index (χ0n) is 16.9. The topological polar surface area (TPSA) is 170 Å². The van der Waals surface area contributed by atoms with Crippen molar-refractivity contribution in [2.75, 3.05) is 32.7 Å². The lowest BCUT2D eigenvalue weighted by Crippen LogP contribution is -2.53. The number of carboxylic acid groups (broad SMARTS) is 2. The number of primary sulfonamides is 1. The summed E-state index contributed by atoms with van der Waals surface area (Å²) in [6.45, 7) is 8.87. The summed E-state index contributed by atoms with van der Waals surface area (Å²) < 4.78 is 22.5. The molecule has 30 heavy (non-hydrogen) atoms. The van der Waals surface area contributed by atoms with Gasteiger partial charge in [0.25, 0.3) is 0 Å². The van der Waals surface area contributed by atoms with Gasteiger partial charge in [-0.25, -0.2) is 23.1 Å². The molecule has 0 bridgehead atoms. The summed E-state index contributed by atoms with van der Waals surface area (Å²) in [6.07, 6.45) is 0. The van der Waals surface area contributed by atoms with Gasteiger partial charge in [-0.2, -0.15) is 0 Å². The van der Waals surface area contributed by atoms with E-state index in [1.54, 1.807) is 12.1 Å². The van der Waals surface area contributed by atoms with Crippen LogP contribution < -0.4 is 10.5 Å². The predicted octanol–water partition coefficient (Wildman–Crippen LogP) is -0.868. The molecule has 0 radical (unpaired) electrons. The fourth-order valence-electron chi connectivity index (χ4n) is 2.71. The Balaban J connectivity index is 0.000000656. The number of nitrogens with zero attached hydrogens (tertiary/aromatic N) is 2. The lowest BCUT2D eigenvalue weighted by Gasteiger charge is -2.35. The monoisotopic (exact) mass is 444 g/mol. The van der Waals surface area contributed by atoms with E-state index in [0.717, 1.165) is 38.3 Å². The number of likely N-dealkylation sites (N-methyl/N-ethyl adjacent to an activating group) is 1. The fraction of sp³-hybridized carbons (Fsp3) is 0.500. The first-order valence-corrected chi connectivity index (χ1v) is 10.8. The smallest absolute Gasteiger partial charge is 0.414 e. The van der Waals surface area contributed by atoms with Gasteiger partial charge in [-0.15, -0.1) is 0 Å². The maximum atomic E-state index is 12.4. The van der Waals surface area contributed by atoms with E-state index in [-0.39, 0.29) is 16.8 Å². The maximum Gasteiger partial charge on any atom is 0.414 e. The minimum atomic E-state index is -3.67. The molecule has 0 saturated carbocycles. The highest BCUT2D eigenvalue weighted by Gasteiger charge is 2.24. The van der Waals surface area contributed by atoms with Gasteiger partial charge < -0.3 is 25.3 Å². The molecule has 12 heteroatoms. The Labute approximate surface area is 175 Å². The summed E-state index contributed by atoms with van der Waals surface area (Å²) in [5.74, 6) is -3.54. The predicted molar refractivity (Wildman–Crippen MR) is 108 cm³/mol. The van der Waals surface area contributed by atoms with E-state index in [1.807, 2.05) is 11.8 Å². The lowest BCUT2D eigenvalue weighted by atomic mass is 10.2. The third kappa shape index (κ3) is 8.45. The van der Waals surface area contributed by atoms with E-state index < -0.39 is 22.0 Å². The first-order chi connectivity index (χ1) is 14.0. The van der Waals surface area contributed by atoms with E-state index in [9.17, 15) is 13.2 Å². The molecule has 1 heterocycles. The highest BCUT2D eigenvalue weighted by molar-refractivity contribution is 7.89. The molecule has 0 aromatic heterocycles. The van der Waals surface area contributed by atoms with Crippen LogP contribution >= 0.6 is 0 Å². The van der Waals surface area contributed by atoms with Crippen molar-refractivity contribution >= 4 is 27.9 Å². The number of rotatable bonds is 6. The largest absolute Gasteiger partial charge is 0.473 e. The van der Waals surface area contributed by atoms with Crippen molar-refractivity contribution in [2.24, 2.45) is 5.14 Å². The van der Waals surface area contributed by atoms with Gasteiger partial charge in [-0.1, -0.05) is 19.1 Å². The normalized spacial score (nSPS) is 15.6. The standard InChI is InChI=1S/C16H26N4O3S.C2H2O4/c1-3-19-8-10-20(11-9-19)16(21)13(2)18-12-14-4-6-15(7-5-14)24(17,22)23;3-1(4)2(5)6/h4-7,13,18H,3,8-12H2,1-2H3,(H2,17,22,23);(H,3,4)(H,5,6). The summed E-state index contributed by atoms with van der Waals surface area (Å²) >= 11 is 0. The zero-order chi connectivity index (χ0) is 22.9. The molecular formula is C18H28N4O7S. The number of hydrogen-bond acceptors (Lipinski definition) is 7. The molecule has 1 saturated heterocycles. The number of sulfonamides is 1. The Morgan fingerprint density at radius 3 is 1.97 bits per heavy atom. The van der Waals surface area contributed by atoms with Crippen molar-refractivity contribution in [2.45, 2.75) is 31.3 Å². The molecule has 11 nitrogen and oxygen atoms in total. The first-order valence-electron chi connectivity index (χ1n) is 9.28. The van der Waals surface area contributed by atoms with E-state index in [0.29, 0.717) is 6.54 Å². The van der Waals surface area contributed by atoms with Crippen molar-refractivity contribution in [1.82, 2.24) is 15.1 Å². The van der Waals surface area contributed by atoms with Gasteiger partial charge in [-0.3, -0.25) is 4.79 Å². The minimum absolute atomic E-state index is 0.0872. The SMILES string of the molecule is CCN1CCN(C(=O)C(C)NCc2ccc(S(N)(=O)=O)cc2)CC1.O=C(O)C(=O)O. The molecule has 5 N–H and O–H groups in total. The zero-order valence-corrected chi connectivity index (χ0v) is 17.8. The van der Waals surface area contributed by atoms with Crippen molar-refractivity contribution in [1.29, 1.82) is 0 Å². The molecular weight excluding hydrogens is 416 g/mol. The van der Waals surface area contributed by atoms with Crippen LogP contribution in [-0.4, -0.2) is 85.0 Å². The molecule has 1 aliphatic rings.